The standard InChI is InChI=1S/C12H24N2S/c1-9(15)14-10-5-6-11(14)8-13(7-10)12(2,3)4/h9-11,15H,5-8H2,1-4H3. The van der Waals surface area contributed by atoms with Crippen LogP contribution in [-0.4, -0.2) is 45.9 Å². The van der Waals surface area contributed by atoms with Crippen molar-refractivity contribution >= 4 is 12.6 Å². The zero-order valence-corrected chi connectivity index (χ0v) is 11.3. The summed E-state index contributed by atoms with van der Waals surface area (Å²) in [6, 6.07) is 1.49. The van der Waals surface area contributed by atoms with Gasteiger partial charge in [-0.15, -0.1) is 0 Å². The minimum atomic E-state index is 0.326. The van der Waals surface area contributed by atoms with Crippen LogP contribution in [0.15, 0.2) is 0 Å². The van der Waals surface area contributed by atoms with Crippen molar-refractivity contribution in [1.29, 1.82) is 0 Å². The molecule has 0 radical (unpaired) electrons. The van der Waals surface area contributed by atoms with Crippen LogP contribution in [-0.2, 0) is 0 Å². The molecule has 0 aliphatic carbocycles. The summed E-state index contributed by atoms with van der Waals surface area (Å²) in [6.07, 6.45) is 2.73. The van der Waals surface area contributed by atoms with E-state index in [1.165, 1.54) is 25.9 Å². The molecule has 2 aliphatic heterocycles. The lowest BCUT2D eigenvalue weighted by Gasteiger charge is -2.47. The summed E-state index contributed by atoms with van der Waals surface area (Å²) in [4.78, 5) is 5.26. The maximum Gasteiger partial charge on any atom is 0.0505 e. The average Bonchev–Trinajstić information content (AvgIpc) is 2.35. The monoisotopic (exact) mass is 228 g/mol. The van der Waals surface area contributed by atoms with Crippen molar-refractivity contribution < 1.29 is 0 Å². The molecule has 3 unspecified atom stereocenters. The summed E-state index contributed by atoms with van der Waals surface area (Å²) in [7, 11) is 0. The van der Waals surface area contributed by atoms with Gasteiger partial charge in [0, 0.05) is 30.7 Å². The number of likely N-dealkylation sites (tertiary alicyclic amines) is 1. The molecule has 3 heteroatoms. The molecular formula is C12H24N2S. The zero-order chi connectivity index (χ0) is 11.2. The van der Waals surface area contributed by atoms with Crippen molar-refractivity contribution in [2.75, 3.05) is 13.1 Å². The number of piperazine rings is 1. The molecule has 2 rings (SSSR count). The Morgan fingerprint density at radius 3 is 1.93 bits per heavy atom. The molecule has 88 valence electrons. The molecule has 2 bridgehead atoms. The molecule has 3 atom stereocenters. The van der Waals surface area contributed by atoms with E-state index in [0.29, 0.717) is 10.9 Å². The van der Waals surface area contributed by atoms with Gasteiger partial charge in [0.05, 0.1) is 5.37 Å². The molecular weight excluding hydrogens is 204 g/mol. The fourth-order valence-corrected chi connectivity index (χ4v) is 3.47. The van der Waals surface area contributed by atoms with E-state index < -0.39 is 0 Å². The highest BCUT2D eigenvalue weighted by molar-refractivity contribution is 7.80. The topological polar surface area (TPSA) is 6.48 Å². The number of hydrogen-bond acceptors (Lipinski definition) is 3. The zero-order valence-electron chi connectivity index (χ0n) is 10.4. The molecule has 0 saturated carbocycles. The summed E-state index contributed by atoms with van der Waals surface area (Å²) in [5.74, 6) is 0. The van der Waals surface area contributed by atoms with Crippen molar-refractivity contribution in [2.45, 2.75) is 63.5 Å². The van der Waals surface area contributed by atoms with Crippen LogP contribution in [0.2, 0.25) is 0 Å². The first-order chi connectivity index (χ1) is 6.89. The Kier molecular flexibility index (Phi) is 3.08. The van der Waals surface area contributed by atoms with Gasteiger partial charge in [-0.25, -0.2) is 0 Å². The first kappa shape index (κ1) is 11.7. The van der Waals surface area contributed by atoms with Crippen LogP contribution in [0, 0.1) is 0 Å². The largest absolute Gasteiger partial charge is 0.295 e. The SMILES string of the molecule is CC(S)N1C2CCC1CN(C(C)(C)C)C2. The van der Waals surface area contributed by atoms with Crippen molar-refractivity contribution in [3.05, 3.63) is 0 Å². The molecule has 2 saturated heterocycles. The number of hydrogen-bond donors (Lipinski definition) is 1. The highest BCUT2D eigenvalue weighted by Crippen LogP contribution is 2.35. The van der Waals surface area contributed by atoms with Gasteiger partial charge < -0.3 is 0 Å². The molecule has 0 spiro atoms. The molecule has 2 fully saturated rings. The highest BCUT2D eigenvalue weighted by Gasteiger charge is 2.43. The number of fused-ring (bicyclic) bond motifs is 2. The van der Waals surface area contributed by atoms with Crippen molar-refractivity contribution in [2.24, 2.45) is 0 Å². The smallest absolute Gasteiger partial charge is 0.0505 e. The van der Waals surface area contributed by atoms with Crippen LogP contribution in [0.4, 0.5) is 0 Å². The average molecular weight is 228 g/mol. The Bertz CT molecular complexity index is 220. The minimum absolute atomic E-state index is 0.326. The summed E-state index contributed by atoms with van der Waals surface area (Å²) >= 11 is 4.61. The van der Waals surface area contributed by atoms with E-state index in [9.17, 15) is 0 Å². The van der Waals surface area contributed by atoms with E-state index in [4.69, 9.17) is 0 Å². The van der Waals surface area contributed by atoms with E-state index in [1.54, 1.807) is 0 Å². The summed E-state index contributed by atoms with van der Waals surface area (Å²) in [5.41, 5.74) is 0.326. The molecule has 0 N–H and O–H groups in total. The fourth-order valence-electron chi connectivity index (χ4n) is 3.09. The van der Waals surface area contributed by atoms with E-state index in [1.807, 2.05) is 0 Å². The maximum absolute atomic E-state index is 4.61. The number of nitrogens with zero attached hydrogens (tertiary/aromatic N) is 2. The fraction of sp³-hybridized carbons (Fsp3) is 1.00. The molecule has 2 nitrogen and oxygen atoms in total. The predicted molar refractivity (Wildman–Crippen MR) is 68.4 cm³/mol. The Hall–Kier alpha value is 0.270. The second-order valence-electron chi connectivity index (χ2n) is 6.04. The molecule has 15 heavy (non-hydrogen) atoms. The molecule has 2 aliphatic rings. The summed E-state index contributed by atoms with van der Waals surface area (Å²) < 4.78 is 0. The Labute approximate surface area is 99.4 Å². The second kappa shape index (κ2) is 3.94. The van der Waals surface area contributed by atoms with Crippen LogP contribution in [0.3, 0.4) is 0 Å². The van der Waals surface area contributed by atoms with E-state index in [2.05, 4.69) is 50.1 Å². The number of rotatable bonds is 1. The number of thiol groups is 1. The third-order valence-corrected chi connectivity index (χ3v) is 4.19. The van der Waals surface area contributed by atoms with Crippen molar-refractivity contribution in [3.8, 4) is 0 Å². The van der Waals surface area contributed by atoms with Gasteiger partial charge >= 0.3 is 0 Å². The van der Waals surface area contributed by atoms with Gasteiger partial charge in [0.2, 0.25) is 0 Å². The van der Waals surface area contributed by atoms with Crippen LogP contribution in [0.25, 0.3) is 0 Å². The summed E-state index contributed by atoms with van der Waals surface area (Å²) in [5, 5.41) is 0.421. The molecule has 0 amide bonds. The Morgan fingerprint density at radius 1 is 1.13 bits per heavy atom. The first-order valence-corrected chi connectivity index (χ1v) is 6.62. The molecule has 0 aromatic rings. The normalized spacial score (nSPS) is 35.8. The van der Waals surface area contributed by atoms with Crippen LogP contribution >= 0.6 is 12.6 Å². The molecule has 2 heterocycles. The summed E-state index contributed by atoms with van der Waals surface area (Å²) in [6.45, 7) is 11.6. The van der Waals surface area contributed by atoms with E-state index in [0.717, 1.165) is 12.1 Å². The minimum Gasteiger partial charge on any atom is -0.295 e. The maximum atomic E-state index is 4.61. The van der Waals surface area contributed by atoms with Crippen LogP contribution < -0.4 is 0 Å². The van der Waals surface area contributed by atoms with Gasteiger partial charge in [-0.2, -0.15) is 12.6 Å². The third-order valence-electron chi connectivity index (χ3n) is 3.92. The van der Waals surface area contributed by atoms with Crippen LogP contribution in [0.5, 0.6) is 0 Å². The van der Waals surface area contributed by atoms with E-state index in [-0.39, 0.29) is 0 Å². The lowest BCUT2D eigenvalue weighted by Crippen LogP contribution is -2.59. The van der Waals surface area contributed by atoms with Gasteiger partial charge in [0.1, 0.15) is 0 Å². The Balaban J connectivity index is 2.08. The van der Waals surface area contributed by atoms with Crippen LogP contribution in [0.1, 0.15) is 40.5 Å². The molecule has 0 aromatic carbocycles. The lowest BCUT2D eigenvalue weighted by atomic mass is 10.0. The van der Waals surface area contributed by atoms with Gasteiger partial charge in [-0.05, 0) is 40.5 Å². The van der Waals surface area contributed by atoms with Gasteiger partial charge in [-0.1, -0.05) is 0 Å². The Morgan fingerprint density at radius 2 is 1.60 bits per heavy atom. The van der Waals surface area contributed by atoms with E-state index >= 15 is 0 Å². The molecule has 0 aromatic heterocycles. The van der Waals surface area contributed by atoms with Crippen molar-refractivity contribution in [3.63, 3.8) is 0 Å². The van der Waals surface area contributed by atoms with Gasteiger partial charge in [-0.3, -0.25) is 9.80 Å². The third kappa shape index (κ3) is 2.20. The second-order valence-corrected chi connectivity index (χ2v) is 6.79. The predicted octanol–water partition coefficient (Wildman–Crippen LogP) is 2.21. The lowest BCUT2D eigenvalue weighted by molar-refractivity contribution is 0.0130. The van der Waals surface area contributed by atoms with Gasteiger partial charge in [0.25, 0.3) is 0 Å². The van der Waals surface area contributed by atoms with Gasteiger partial charge in [0.15, 0.2) is 0 Å². The first-order valence-electron chi connectivity index (χ1n) is 6.10. The quantitative estimate of drug-likeness (QED) is 0.688. The highest BCUT2D eigenvalue weighted by atomic mass is 32.1. The van der Waals surface area contributed by atoms with Crippen molar-refractivity contribution in [1.82, 2.24) is 9.80 Å².